The van der Waals surface area contributed by atoms with Crippen molar-refractivity contribution in [3.8, 4) is 0 Å². The number of nitrogens with zero attached hydrogens (tertiary/aromatic N) is 1. The third-order valence-corrected chi connectivity index (χ3v) is 7.40. The predicted octanol–water partition coefficient (Wildman–Crippen LogP) is 4.17. The highest BCUT2D eigenvalue weighted by Crippen LogP contribution is 2.34. The maximum Gasteiger partial charge on any atom is 0.208 e. The molecule has 3 aromatic rings. The third kappa shape index (κ3) is 3.49. The number of aromatic nitrogens is 1. The monoisotopic (exact) mass is 380 g/mol. The fourth-order valence-corrected chi connectivity index (χ4v) is 5.27. The molecule has 0 aliphatic carbocycles. The molecule has 27 heavy (non-hydrogen) atoms. The summed E-state index contributed by atoms with van der Waals surface area (Å²) in [5.74, 6) is 1.03. The predicted molar refractivity (Wildman–Crippen MR) is 108 cm³/mol. The molecule has 0 spiro atoms. The highest BCUT2D eigenvalue weighted by molar-refractivity contribution is 7.91. The van der Waals surface area contributed by atoms with Gasteiger partial charge in [0.05, 0.1) is 15.3 Å². The van der Waals surface area contributed by atoms with Crippen molar-refractivity contribution in [2.45, 2.75) is 35.5 Å². The normalized spacial score (nSPS) is 17.1. The van der Waals surface area contributed by atoms with Crippen molar-refractivity contribution in [1.29, 1.82) is 0 Å². The summed E-state index contributed by atoms with van der Waals surface area (Å²) in [6.07, 6.45) is 3.83. The SMILES string of the molecule is CC(c1cccc2cc(S(=O)(=O)c3ccccc3)cnc12)C1CCNCC1. The van der Waals surface area contributed by atoms with Crippen molar-refractivity contribution in [1.82, 2.24) is 10.3 Å². The number of rotatable bonds is 4. The zero-order valence-corrected chi connectivity index (χ0v) is 16.2. The minimum atomic E-state index is -3.55. The fraction of sp³-hybridized carbons (Fsp3) is 0.318. The van der Waals surface area contributed by atoms with Gasteiger partial charge in [0.15, 0.2) is 0 Å². The van der Waals surface area contributed by atoms with Gasteiger partial charge in [-0.15, -0.1) is 0 Å². The molecule has 1 aromatic heterocycles. The summed E-state index contributed by atoms with van der Waals surface area (Å²) >= 11 is 0. The van der Waals surface area contributed by atoms with Crippen LogP contribution in [0.3, 0.4) is 0 Å². The maximum absolute atomic E-state index is 12.9. The standard InChI is InChI=1S/C22H24N2O2S/c1-16(17-10-12-23-13-11-17)21-9-5-6-18-14-20(15-24-22(18)21)27(25,26)19-7-3-2-4-8-19/h2-9,14-17,23H,10-13H2,1H3. The first kappa shape index (κ1) is 18.1. The number of hydrogen-bond acceptors (Lipinski definition) is 4. The van der Waals surface area contributed by atoms with Crippen molar-refractivity contribution < 1.29 is 8.42 Å². The van der Waals surface area contributed by atoms with Crippen molar-refractivity contribution >= 4 is 20.7 Å². The van der Waals surface area contributed by atoms with Gasteiger partial charge in [0.25, 0.3) is 0 Å². The van der Waals surface area contributed by atoms with Crippen LogP contribution in [0.1, 0.15) is 31.2 Å². The molecule has 1 saturated heterocycles. The van der Waals surface area contributed by atoms with Crippen LogP contribution in [0.4, 0.5) is 0 Å². The number of fused-ring (bicyclic) bond motifs is 1. The molecule has 1 aliphatic heterocycles. The van der Waals surface area contributed by atoms with E-state index < -0.39 is 9.84 Å². The maximum atomic E-state index is 12.9. The highest BCUT2D eigenvalue weighted by atomic mass is 32.2. The molecule has 0 amide bonds. The Bertz CT molecular complexity index is 1040. The smallest absolute Gasteiger partial charge is 0.208 e. The van der Waals surface area contributed by atoms with Crippen LogP contribution in [0.5, 0.6) is 0 Å². The van der Waals surface area contributed by atoms with Gasteiger partial charge in [-0.3, -0.25) is 4.98 Å². The van der Waals surface area contributed by atoms with Crippen LogP contribution in [0, 0.1) is 5.92 Å². The molecule has 1 aliphatic rings. The van der Waals surface area contributed by atoms with Crippen LogP contribution < -0.4 is 5.32 Å². The van der Waals surface area contributed by atoms with Gasteiger partial charge < -0.3 is 5.32 Å². The van der Waals surface area contributed by atoms with Crippen LogP contribution in [0.2, 0.25) is 0 Å². The molecule has 1 N–H and O–H groups in total. The lowest BCUT2D eigenvalue weighted by Crippen LogP contribution is -2.30. The lowest BCUT2D eigenvalue weighted by Gasteiger charge is -2.29. The number of nitrogens with one attached hydrogen (secondary N) is 1. The summed E-state index contributed by atoms with van der Waals surface area (Å²) in [6.45, 7) is 4.39. The first-order chi connectivity index (χ1) is 13.1. The molecule has 140 valence electrons. The van der Waals surface area contributed by atoms with Crippen molar-refractivity contribution in [2.75, 3.05) is 13.1 Å². The summed E-state index contributed by atoms with van der Waals surface area (Å²) in [5, 5.41) is 4.30. The zero-order valence-electron chi connectivity index (χ0n) is 15.4. The Balaban J connectivity index is 1.74. The Morgan fingerprint density at radius 3 is 2.48 bits per heavy atom. The zero-order chi connectivity index (χ0) is 18.9. The molecule has 1 atom stereocenters. The topological polar surface area (TPSA) is 59.1 Å². The van der Waals surface area contributed by atoms with Crippen molar-refractivity contribution in [3.05, 3.63) is 66.4 Å². The molecule has 1 fully saturated rings. The Hall–Kier alpha value is -2.24. The number of para-hydroxylation sites is 1. The molecule has 1 unspecified atom stereocenters. The molecule has 5 heteroatoms. The molecule has 0 saturated carbocycles. The van der Waals surface area contributed by atoms with E-state index in [1.54, 1.807) is 30.3 Å². The van der Waals surface area contributed by atoms with Crippen LogP contribution >= 0.6 is 0 Å². The summed E-state index contributed by atoms with van der Waals surface area (Å²) in [4.78, 5) is 5.13. The van der Waals surface area contributed by atoms with E-state index in [-0.39, 0.29) is 4.90 Å². The Morgan fingerprint density at radius 2 is 1.74 bits per heavy atom. The number of benzene rings is 2. The van der Waals surface area contributed by atoms with Gasteiger partial charge in [0.1, 0.15) is 0 Å². The van der Waals surface area contributed by atoms with Gasteiger partial charge in [-0.1, -0.05) is 43.3 Å². The Kier molecular flexibility index (Phi) is 4.98. The second-order valence-corrected chi connectivity index (χ2v) is 9.23. The van der Waals surface area contributed by atoms with E-state index in [1.165, 1.54) is 11.8 Å². The molecule has 0 bridgehead atoms. The quantitative estimate of drug-likeness (QED) is 0.738. The molecule has 0 radical (unpaired) electrons. The second kappa shape index (κ2) is 7.41. The summed E-state index contributed by atoms with van der Waals surface area (Å²) < 4.78 is 25.8. The van der Waals surface area contributed by atoms with E-state index in [2.05, 4.69) is 23.3 Å². The number of pyridine rings is 1. The van der Waals surface area contributed by atoms with Crippen LogP contribution in [0.25, 0.3) is 10.9 Å². The fourth-order valence-electron chi connectivity index (χ4n) is 4.01. The molecule has 4 rings (SSSR count). The second-order valence-electron chi connectivity index (χ2n) is 7.28. The van der Waals surface area contributed by atoms with Crippen LogP contribution in [-0.4, -0.2) is 26.5 Å². The first-order valence-electron chi connectivity index (χ1n) is 9.47. The van der Waals surface area contributed by atoms with Crippen LogP contribution in [-0.2, 0) is 9.84 Å². The van der Waals surface area contributed by atoms with Gasteiger partial charge in [0.2, 0.25) is 9.84 Å². The largest absolute Gasteiger partial charge is 0.317 e. The molecule has 2 heterocycles. The van der Waals surface area contributed by atoms with Gasteiger partial charge in [0, 0.05) is 11.6 Å². The van der Waals surface area contributed by atoms with E-state index in [0.717, 1.165) is 36.8 Å². The van der Waals surface area contributed by atoms with Gasteiger partial charge in [-0.2, -0.15) is 0 Å². The molecular weight excluding hydrogens is 356 g/mol. The van der Waals surface area contributed by atoms with Crippen molar-refractivity contribution in [2.24, 2.45) is 5.92 Å². The first-order valence-corrected chi connectivity index (χ1v) is 11.0. The van der Waals surface area contributed by atoms with Crippen molar-refractivity contribution in [3.63, 3.8) is 0 Å². The third-order valence-electron chi connectivity index (χ3n) is 5.66. The lowest BCUT2D eigenvalue weighted by atomic mass is 9.81. The minimum Gasteiger partial charge on any atom is -0.317 e. The molecule has 4 nitrogen and oxygen atoms in total. The summed E-state index contributed by atoms with van der Waals surface area (Å²) in [5.41, 5.74) is 2.12. The molecule has 2 aromatic carbocycles. The Labute approximate surface area is 160 Å². The van der Waals surface area contributed by atoms with Crippen LogP contribution in [0.15, 0.2) is 70.6 Å². The average molecular weight is 381 g/mol. The van der Waals surface area contributed by atoms with E-state index >= 15 is 0 Å². The molecular formula is C22H24N2O2S. The number of sulfone groups is 1. The van der Waals surface area contributed by atoms with E-state index in [9.17, 15) is 8.42 Å². The van der Waals surface area contributed by atoms with E-state index in [0.29, 0.717) is 16.7 Å². The Morgan fingerprint density at radius 1 is 1.00 bits per heavy atom. The van der Waals surface area contributed by atoms with Gasteiger partial charge in [-0.25, -0.2) is 8.42 Å². The summed E-state index contributed by atoms with van der Waals surface area (Å²) in [7, 11) is -3.55. The van der Waals surface area contributed by atoms with Gasteiger partial charge in [-0.05, 0) is 61.5 Å². The van der Waals surface area contributed by atoms with Gasteiger partial charge >= 0.3 is 0 Å². The minimum absolute atomic E-state index is 0.243. The number of piperidine rings is 1. The van der Waals surface area contributed by atoms with E-state index in [1.807, 2.05) is 18.2 Å². The lowest BCUT2D eigenvalue weighted by molar-refractivity contribution is 0.331. The van der Waals surface area contributed by atoms with E-state index in [4.69, 9.17) is 0 Å². The number of hydrogen-bond donors (Lipinski definition) is 1. The highest BCUT2D eigenvalue weighted by Gasteiger charge is 2.24. The summed E-state index contributed by atoms with van der Waals surface area (Å²) in [6, 6.07) is 16.4. The average Bonchev–Trinajstić information content (AvgIpc) is 2.73.